The van der Waals surface area contributed by atoms with Crippen molar-refractivity contribution in [2.45, 2.75) is 63.5 Å². The van der Waals surface area contributed by atoms with E-state index in [1.54, 1.807) is 25.1 Å². The number of hydrogen-bond donors (Lipinski definition) is 2. The quantitative estimate of drug-likeness (QED) is 0.878. The molecule has 1 aromatic carbocycles. The van der Waals surface area contributed by atoms with E-state index in [9.17, 15) is 13.5 Å². The average Bonchev–Trinajstić information content (AvgIpc) is 2.47. The molecule has 0 unspecified atom stereocenters. The molecule has 2 N–H and O–H groups in total. The minimum Gasteiger partial charge on any atom is -0.392 e. The number of aliphatic hydroxyl groups is 1. The maximum atomic E-state index is 12.5. The molecular formula is C16H25NO3S. The van der Waals surface area contributed by atoms with E-state index in [0.29, 0.717) is 11.1 Å². The minimum atomic E-state index is -3.51. The van der Waals surface area contributed by atoms with Gasteiger partial charge >= 0.3 is 0 Å². The molecule has 2 rings (SSSR count). The number of aliphatic hydroxyl groups excluding tert-OH is 1. The first-order valence-corrected chi connectivity index (χ1v) is 9.18. The molecule has 0 aromatic heterocycles. The second kappa shape index (κ2) is 6.90. The van der Waals surface area contributed by atoms with E-state index in [0.717, 1.165) is 31.6 Å². The normalized spacial score (nSPS) is 23.2. The van der Waals surface area contributed by atoms with Crippen molar-refractivity contribution in [1.82, 2.24) is 4.72 Å². The van der Waals surface area contributed by atoms with Crippen LogP contribution in [0.2, 0.25) is 0 Å². The van der Waals surface area contributed by atoms with Crippen LogP contribution < -0.4 is 4.72 Å². The van der Waals surface area contributed by atoms with Gasteiger partial charge in [-0.25, -0.2) is 13.1 Å². The summed E-state index contributed by atoms with van der Waals surface area (Å²) in [5.41, 5.74) is 1.29. The highest BCUT2D eigenvalue weighted by Crippen LogP contribution is 2.28. The molecule has 5 heteroatoms. The van der Waals surface area contributed by atoms with Gasteiger partial charge in [0.25, 0.3) is 0 Å². The first kappa shape index (κ1) is 16.5. The molecule has 1 aliphatic carbocycles. The summed E-state index contributed by atoms with van der Waals surface area (Å²) in [7, 11) is -3.51. The van der Waals surface area contributed by atoms with Gasteiger partial charge in [0, 0.05) is 6.04 Å². The first-order valence-electron chi connectivity index (χ1n) is 7.69. The van der Waals surface area contributed by atoms with Crippen molar-refractivity contribution in [1.29, 1.82) is 0 Å². The van der Waals surface area contributed by atoms with E-state index in [1.165, 1.54) is 6.42 Å². The number of benzene rings is 1. The Labute approximate surface area is 127 Å². The standard InChI is InChI=1S/C16H25NO3S/c1-3-13-7-9-15(10-8-13)17-21(19,20)16-6-4-5-14(11-18)12(16)2/h4-6,13,15,17-18H,3,7-11H2,1-2H3. The SMILES string of the molecule is CCC1CCC(NS(=O)(=O)c2cccc(CO)c2C)CC1. The monoisotopic (exact) mass is 311 g/mol. The van der Waals surface area contributed by atoms with E-state index < -0.39 is 10.0 Å². The van der Waals surface area contributed by atoms with Gasteiger partial charge in [-0.05, 0) is 55.7 Å². The van der Waals surface area contributed by atoms with Gasteiger partial charge in [0.1, 0.15) is 0 Å². The topological polar surface area (TPSA) is 66.4 Å². The van der Waals surface area contributed by atoms with Crippen LogP contribution in [0, 0.1) is 12.8 Å². The lowest BCUT2D eigenvalue weighted by atomic mass is 9.85. The summed E-state index contributed by atoms with van der Waals surface area (Å²) in [4.78, 5) is 0.284. The van der Waals surface area contributed by atoms with Crippen molar-refractivity contribution in [2.75, 3.05) is 0 Å². The van der Waals surface area contributed by atoms with Crippen LogP contribution in [0.3, 0.4) is 0 Å². The molecule has 0 heterocycles. The fourth-order valence-corrected chi connectivity index (χ4v) is 4.69. The molecule has 0 saturated heterocycles. The Hall–Kier alpha value is -0.910. The lowest BCUT2D eigenvalue weighted by molar-refractivity contribution is 0.280. The van der Waals surface area contributed by atoms with Gasteiger partial charge in [0.15, 0.2) is 0 Å². The molecule has 1 aliphatic rings. The summed E-state index contributed by atoms with van der Waals surface area (Å²) in [5, 5.41) is 9.27. The van der Waals surface area contributed by atoms with Crippen LogP contribution in [-0.2, 0) is 16.6 Å². The van der Waals surface area contributed by atoms with Crippen molar-refractivity contribution < 1.29 is 13.5 Å². The Balaban J connectivity index is 2.12. The second-order valence-electron chi connectivity index (χ2n) is 5.95. The fraction of sp³-hybridized carbons (Fsp3) is 0.625. The Morgan fingerprint density at radius 2 is 1.90 bits per heavy atom. The molecule has 0 bridgehead atoms. The van der Waals surface area contributed by atoms with Crippen LogP contribution in [-0.4, -0.2) is 19.6 Å². The Bertz CT molecular complexity index is 575. The highest BCUT2D eigenvalue weighted by atomic mass is 32.2. The smallest absolute Gasteiger partial charge is 0.241 e. The van der Waals surface area contributed by atoms with E-state index in [4.69, 9.17) is 0 Å². The molecule has 1 fully saturated rings. The molecule has 0 spiro atoms. The van der Waals surface area contributed by atoms with Crippen LogP contribution in [0.15, 0.2) is 23.1 Å². The molecule has 1 saturated carbocycles. The largest absolute Gasteiger partial charge is 0.392 e. The number of rotatable bonds is 5. The zero-order chi connectivity index (χ0) is 15.5. The summed E-state index contributed by atoms with van der Waals surface area (Å²) in [6.45, 7) is 3.80. The summed E-state index contributed by atoms with van der Waals surface area (Å²) in [5.74, 6) is 0.741. The van der Waals surface area contributed by atoms with Crippen LogP contribution in [0.1, 0.15) is 50.2 Å². The zero-order valence-corrected chi connectivity index (χ0v) is 13.6. The molecule has 4 nitrogen and oxygen atoms in total. The lowest BCUT2D eigenvalue weighted by Crippen LogP contribution is -2.37. The Kier molecular flexibility index (Phi) is 5.41. The zero-order valence-electron chi connectivity index (χ0n) is 12.8. The van der Waals surface area contributed by atoms with Crippen LogP contribution in [0.5, 0.6) is 0 Å². The van der Waals surface area contributed by atoms with Gasteiger partial charge < -0.3 is 5.11 Å². The van der Waals surface area contributed by atoms with E-state index >= 15 is 0 Å². The minimum absolute atomic E-state index is 0.0370. The second-order valence-corrected chi connectivity index (χ2v) is 7.63. The maximum absolute atomic E-state index is 12.5. The summed E-state index contributed by atoms with van der Waals surface area (Å²) in [6.07, 6.45) is 5.20. The van der Waals surface area contributed by atoms with E-state index in [2.05, 4.69) is 11.6 Å². The Morgan fingerprint density at radius 3 is 2.48 bits per heavy atom. The molecule has 21 heavy (non-hydrogen) atoms. The van der Waals surface area contributed by atoms with Gasteiger partial charge in [-0.3, -0.25) is 0 Å². The summed E-state index contributed by atoms with van der Waals surface area (Å²) >= 11 is 0. The summed E-state index contributed by atoms with van der Waals surface area (Å²) < 4.78 is 27.9. The highest BCUT2D eigenvalue weighted by Gasteiger charge is 2.26. The fourth-order valence-electron chi connectivity index (χ4n) is 3.09. The van der Waals surface area contributed by atoms with Crippen LogP contribution in [0.25, 0.3) is 0 Å². The Morgan fingerprint density at radius 1 is 1.24 bits per heavy atom. The molecule has 0 amide bonds. The van der Waals surface area contributed by atoms with Crippen molar-refractivity contribution in [3.05, 3.63) is 29.3 Å². The van der Waals surface area contributed by atoms with Gasteiger partial charge in [-0.15, -0.1) is 0 Å². The maximum Gasteiger partial charge on any atom is 0.241 e. The number of sulfonamides is 1. The van der Waals surface area contributed by atoms with Crippen LogP contribution >= 0.6 is 0 Å². The third kappa shape index (κ3) is 3.84. The molecule has 0 radical (unpaired) electrons. The van der Waals surface area contributed by atoms with Gasteiger partial charge in [0.05, 0.1) is 11.5 Å². The number of nitrogens with one attached hydrogen (secondary N) is 1. The third-order valence-electron chi connectivity index (χ3n) is 4.60. The third-order valence-corrected chi connectivity index (χ3v) is 6.27. The molecule has 118 valence electrons. The van der Waals surface area contributed by atoms with Crippen molar-refractivity contribution in [3.8, 4) is 0 Å². The van der Waals surface area contributed by atoms with Crippen molar-refractivity contribution >= 4 is 10.0 Å². The lowest BCUT2D eigenvalue weighted by Gasteiger charge is -2.28. The summed E-state index contributed by atoms with van der Waals surface area (Å²) in [6, 6.07) is 5.08. The van der Waals surface area contributed by atoms with E-state index in [1.807, 2.05) is 0 Å². The molecule has 0 atom stereocenters. The highest BCUT2D eigenvalue weighted by molar-refractivity contribution is 7.89. The van der Waals surface area contributed by atoms with Crippen molar-refractivity contribution in [2.24, 2.45) is 5.92 Å². The van der Waals surface area contributed by atoms with Gasteiger partial charge in [0.2, 0.25) is 10.0 Å². The predicted octanol–water partition coefficient (Wildman–Crippen LogP) is 2.73. The molecular weight excluding hydrogens is 286 g/mol. The van der Waals surface area contributed by atoms with Gasteiger partial charge in [-0.1, -0.05) is 25.5 Å². The predicted molar refractivity (Wildman–Crippen MR) is 83.5 cm³/mol. The average molecular weight is 311 g/mol. The van der Waals surface area contributed by atoms with Gasteiger partial charge in [-0.2, -0.15) is 0 Å². The molecule has 1 aromatic rings. The van der Waals surface area contributed by atoms with E-state index in [-0.39, 0.29) is 17.5 Å². The molecule has 0 aliphatic heterocycles. The van der Waals surface area contributed by atoms with Crippen molar-refractivity contribution in [3.63, 3.8) is 0 Å². The first-order chi connectivity index (χ1) is 9.97. The number of hydrogen-bond acceptors (Lipinski definition) is 3. The van der Waals surface area contributed by atoms with Crippen LogP contribution in [0.4, 0.5) is 0 Å².